The average molecular weight is 296 g/mol. The molecule has 1 aromatic carbocycles. The van der Waals surface area contributed by atoms with E-state index in [0.29, 0.717) is 12.0 Å². The van der Waals surface area contributed by atoms with Gasteiger partial charge in [0.1, 0.15) is 0 Å². The molecule has 0 amide bonds. The van der Waals surface area contributed by atoms with Crippen molar-refractivity contribution in [1.29, 1.82) is 0 Å². The van der Waals surface area contributed by atoms with Crippen molar-refractivity contribution in [1.82, 2.24) is 0 Å². The van der Waals surface area contributed by atoms with Gasteiger partial charge in [0.05, 0.1) is 12.6 Å². The monoisotopic (exact) mass is 295 g/mol. The van der Waals surface area contributed by atoms with Gasteiger partial charge in [0.25, 0.3) is 0 Å². The summed E-state index contributed by atoms with van der Waals surface area (Å²) in [7, 11) is 0. The van der Waals surface area contributed by atoms with E-state index in [1.54, 1.807) is 0 Å². The first kappa shape index (κ1) is 12.4. The maximum Gasteiger partial charge on any atom is 0.196 e. The van der Waals surface area contributed by atoms with E-state index in [2.05, 4.69) is 58.7 Å². The Morgan fingerprint density at radius 1 is 1.29 bits per heavy atom. The Bertz CT molecular complexity index is 431. The maximum atomic E-state index is 6.00. The van der Waals surface area contributed by atoms with Crippen LogP contribution >= 0.6 is 15.9 Å². The zero-order chi connectivity index (χ0) is 12.6. The molecule has 2 rings (SSSR count). The van der Waals surface area contributed by atoms with Gasteiger partial charge in [0, 0.05) is 10.2 Å². The molecule has 1 aliphatic heterocycles. The van der Waals surface area contributed by atoms with E-state index >= 15 is 0 Å². The minimum Gasteiger partial charge on any atom is -0.370 e. The Kier molecular flexibility index (Phi) is 3.17. The predicted molar refractivity (Wildman–Crippen MR) is 76.4 cm³/mol. The summed E-state index contributed by atoms with van der Waals surface area (Å²) in [5.41, 5.74) is 7.25. The summed E-state index contributed by atoms with van der Waals surface area (Å²) < 4.78 is 1.07. The van der Waals surface area contributed by atoms with Crippen LogP contribution in [-0.2, 0) is 0 Å². The van der Waals surface area contributed by atoms with Crippen LogP contribution in [0.2, 0.25) is 0 Å². The molecule has 1 atom stereocenters. The molecule has 0 aromatic heterocycles. The Morgan fingerprint density at radius 3 is 2.41 bits per heavy atom. The van der Waals surface area contributed by atoms with Crippen molar-refractivity contribution >= 4 is 27.6 Å². The van der Waals surface area contributed by atoms with Gasteiger partial charge in [-0.05, 0) is 29.7 Å². The van der Waals surface area contributed by atoms with Crippen LogP contribution in [0.5, 0.6) is 0 Å². The average Bonchev–Trinajstić information content (AvgIpc) is 2.61. The molecule has 2 N–H and O–H groups in total. The van der Waals surface area contributed by atoms with Crippen molar-refractivity contribution in [2.24, 2.45) is 16.1 Å². The standard InChI is InChI=1S/C13H18BrN3/c1-13(2,3)11-8-16-12(15)17(11)10-6-4-9(14)5-7-10/h4-7,11H,8H2,1-3H3,(H2,15,16). The summed E-state index contributed by atoms with van der Waals surface area (Å²) in [4.78, 5) is 6.50. The molecule has 92 valence electrons. The second kappa shape index (κ2) is 4.33. The van der Waals surface area contributed by atoms with Crippen LogP contribution in [0.25, 0.3) is 0 Å². The Balaban J connectivity index is 2.34. The van der Waals surface area contributed by atoms with Crippen LogP contribution in [-0.4, -0.2) is 18.5 Å². The van der Waals surface area contributed by atoms with Gasteiger partial charge in [-0.3, -0.25) is 4.99 Å². The third kappa shape index (κ3) is 2.46. The third-order valence-electron chi connectivity index (χ3n) is 3.09. The topological polar surface area (TPSA) is 41.6 Å². The summed E-state index contributed by atoms with van der Waals surface area (Å²) in [6, 6.07) is 8.51. The SMILES string of the molecule is CC(C)(C)C1CN=C(N)N1c1ccc(Br)cc1. The Labute approximate surface area is 111 Å². The molecule has 3 nitrogen and oxygen atoms in total. The minimum absolute atomic E-state index is 0.150. The molecule has 1 heterocycles. The number of anilines is 1. The predicted octanol–water partition coefficient (Wildman–Crippen LogP) is 3.00. The first-order valence-electron chi connectivity index (χ1n) is 5.74. The molecule has 0 aliphatic carbocycles. The highest BCUT2D eigenvalue weighted by Gasteiger charge is 2.36. The summed E-state index contributed by atoms with van der Waals surface area (Å²) >= 11 is 3.44. The van der Waals surface area contributed by atoms with E-state index in [-0.39, 0.29) is 5.41 Å². The second-order valence-electron chi connectivity index (χ2n) is 5.43. The molecule has 0 saturated heterocycles. The molecule has 0 spiro atoms. The van der Waals surface area contributed by atoms with Crippen LogP contribution in [0, 0.1) is 5.41 Å². The van der Waals surface area contributed by atoms with Gasteiger partial charge in [-0.15, -0.1) is 0 Å². The molecule has 1 aliphatic rings. The van der Waals surface area contributed by atoms with Crippen molar-refractivity contribution in [3.63, 3.8) is 0 Å². The van der Waals surface area contributed by atoms with Gasteiger partial charge >= 0.3 is 0 Å². The quantitative estimate of drug-likeness (QED) is 0.865. The van der Waals surface area contributed by atoms with Crippen molar-refractivity contribution in [2.45, 2.75) is 26.8 Å². The van der Waals surface area contributed by atoms with Crippen molar-refractivity contribution < 1.29 is 0 Å². The van der Waals surface area contributed by atoms with Gasteiger partial charge in [-0.25, -0.2) is 0 Å². The highest BCUT2D eigenvalue weighted by atomic mass is 79.9. The number of hydrogen-bond acceptors (Lipinski definition) is 3. The lowest BCUT2D eigenvalue weighted by Crippen LogP contribution is -2.47. The summed E-state index contributed by atoms with van der Waals surface area (Å²) in [5.74, 6) is 0.618. The molecule has 0 fully saturated rings. The first-order valence-corrected chi connectivity index (χ1v) is 6.53. The van der Waals surface area contributed by atoms with E-state index < -0.39 is 0 Å². The molecule has 17 heavy (non-hydrogen) atoms. The number of benzene rings is 1. The number of hydrogen-bond donors (Lipinski definition) is 1. The van der Waals surface area contributed by atoms with E-state index in [9.17, 15) is 0 Å². The van der Waals surface area contributed by atoms with Gasteiger partial charge in [-0.2, -0.15) is 0 Å². The summed E-state index contributed by atoms with van der Waals surface area (Å²) in [6.07, 6.45) is 0. The van der Waals surface area contributed by atoms with Gasteiger partial charge in [0.2, 0.25) is 0 Å². The number of guanidine groups is 1. The maximum absolute atomic E-state index is 6.00. The normalized spacial score (nSPS) is 20.6. The van der Waals surface area contributed by atoms with Crippen LogP contribution in [0.1, 0.15) is 20.8 Å². The van der Waals surface area contributed by atoms with E-state index in [0.717, 1.165) is 16.7 Å². The molecule has 1 unspecified atom stereocenters. The number of aliphatic imine (C=N–C) groups is 1. The number of halogens is 1. The molecular formula is C13H18BrN3. The van der Waals surface area contributed by atoms with Gasteiger partial charge in [0.15, 0.2) is 5.96 Å². The number of nitrogens with zero attached hydrogens (tertiary/aromatic N) is 2. The Hall–Kier alpha value is -1.03. The largest absolute Gasteiger partial charge is 0.370 e. The lowest BCUT2D eigenvalue weighted by Gasteiger charge is -2.35. The summed E-state index contributed by atoms with van der Waals surface area (Å²) in [5, 5.41) is 0. The molecule has 1 aromatic rings. The summed E-state index contributed by atoms with van der Waals surface area (Å²) in [6.45, 7) is 7.43. The lowest BCUT2D eigenvalue weighted by molar-refractivity contribution is 0.336. The molecule has 0 saturated carbocycles. The highest BCUT2D eigenvalue weighted by molar-refractivity contribution is 9.10. The van der Waals surface area contributed by atoms with E-state index in [1.807, 2.05) is 12.1 Å². The fourth-order valence-corrected chi connectivity index (χ4v) is 2.34. The first-order chi connectivity index (χ1) is 7.89. The lowest BCUT2D eigenvalue weighted by atomic mass is 9.86. The van der Waals surface area contributed by atoms with Crippen LogP contribution < -0.4 is 10.6 Å². The number of rotatable bonds is 1. The molecule has 0 radical (unpaired) electrons. The minimum atomic E-state index is 0.150. The van der Waals surface area contributed by atoms with E-state index in [1.165, 1.54) is 0 Å². The van der Waals surface area contributed by atoms with Crippen LogP contribution in [0.15, 0.2) is 33.7 Å². The zero-order valence-electron chi connectivity index (χ0n) is 10.4. The van der Waals surface area contributed by atoms with Gasteiger partial charge < -0.3 is 10.6 Å². The fourth-order valence-electron chi connectivity index (χ4n) is 2.07. The number of nitrogens with two attached hydrogens (primary N) is 1. The molecule has 4 heteroatoms. The second-order valence-corrected chi connectivity index (χ2v) is 6.34. The van der Waals surface area contributed by atoms with Gasteiger partial charge in [-0.1, -0.05) is 36.7 Å². The highest BCUT2D eigenvalue weighted by Crippen LogP contribution is 2.32. The molecular weight excluding hydrogens is 278 g/mol. The fraction of sp³-hybridized carbons (Fsp3) is 0.462. The zero-order valence-corrected chi connectivity index (χ0v) is 12.0. The smallest absolute Gasteiger partial charge is 0.196 e. The third-order valence-corrected chi connectivity index (χ3v) is 3.62. The van der Waals surface area contributed by atoms with E-state index in [4.69, 9.17) is 5.73 Å². The van der Waals surface area contributed by atoms with Crippen LogP contribution in [0.4, 0.5) is 5.69 Å². The molecule has 0 bridgehead atoms. The van der Waals surface area contributed by atoms with Crippen LogP contribution in [0.3, 0.4) is 0 Å². The Morgan fingerprint density at radius 2 is 1.88 bits per heavy atom. The van der Waals surface area contributed by atoms with Crippen molar-refractivity contribution in [3.8, 4) is 0 Å². The van der Waals surface area contributed by atoms with Crippen molar-refractivity contribution in [2.75, 3.05) is 11.4 Å². The van der Waals surface area contributed by atoms with Crippen molar-refractivity contribution in [3.05, 3.63) is 28.7 Å².